The van der Waals surface area contributed by atoms with Crippen LogP contribution in [0.4, 0.5) is 0 Å². The van der Waals surface area contributed by atoms with Crippen LogP contribution in [0, 0.1) is 0 Å². The summed E-state index contributed by atoms with van der Waals surface area (Å²) in [7, 11) is -1.60. The molecule has 0 bridgehead atoms. The summed E-state index contributed by atoms with van der Waals surface area (Å²) in [6.07, 6.45) is 4.45. The number of benzene rings is 2. The Bertz CT molecular complexity index is 1040. The van der Waals surface area contributed by atoms with Crippen LogP contribution in [0.5, 0.6) is 0 Å². The molecule has 0 aliphatic carbocycles. The van der Waals surface area contributed by atoms with Crippen molar-refractivity contribution < 1.29 is 14.5 Å². The van der Waals surface area contributed by atoms with E-state index < -0.39 is 7.12 Å². The summed E-state index contributed by atoms with van der Waals surface area (Å²) in [5.41, 5.74) is 4.71. The van der Waals surface area contributed by atoms with E-state index in [1.165, 1.54) is 0 Å². The van der Waals surface area contributed by atoms with Crippen molar-refractivity contribution in [3.63, 3.8) is 0 Å². The number of rotatable bonds is 3. The predicted molar refractivity (Wildman–Crippen MR) is 96.2 cm³/mol. The molecule has 0 spiro atoms. The summed E-state index contributed by atoms with van der Waals surface area (Å²) in [6.45, 7) is 2.08. The van der Waals surface area contributed by atoms with Gasteiger partial charge in [0.15, 0.2) is 0 Å². The molecule has 2 aromatic carbocycles. The highest BCUT2D eigenvalue weighted by Gasteiger charge is 2.21. The van der Waals surface area contributed by atoms with Crippen molar-refractivity contribution in [1.29, 1.82) is 0 Å². The molecule has 0 amide bonds. The Labute approximate surface area is 139 Å². The monoisotopic (exact) mass is 317 g/mol. The molecule has 0 atom stereocenters. The second-order valence-electron chi connectivity index (χ2n) is 5.80. The van der Waals surface area contributed by atoms with E-state index >= 15 is 0 Å². The number of hydrogen-bond acceptors (Lipinski definition) is 4. The van der Waals surface area contributed by atoms with Crippen LogP contribution in [0.2, 0.25) is 0 Å². The molecular formula is C19H16BNO3. The van der Waals surface area contributed by atoms with Gasteiger partial charge in [0.1, 0.15) is 11.2 Å². The zero-order valence-corrected chi connectivity index (χ0v) is 13.2. The highest BCUT2D eigenvalue weighted by molar-refractivity contribution is 6.62. The molecule has 4 nitrogen and oxygen atoms in total. The zero-order valence-electron chi connectivity index (χ0n) is 13.2. The number of furan rings is 1. The van der Waals surface area contributed by atoms with Crippen LogP contribution in [0.25, 0.3) is 33.1 Å². The van der Waals surface area contributed by atoms with Crippen LogP contribution < -0.4 is 5.46 Å². The number of aromatic nitrogens is 1. The molecule has 2 N–H and O–H groups in total. The Morgan fingerprint density at radius 1 is 1.08 bits per heavy atom. The van der Waals surface area contributed by atoms with Gasteiger partial charge in [-0.1, -0.05) is 31.2 Å². The molecule has 2 aromatic heterocycles. The second kappa shape index (κ2) is 5.78. The van der Waals surface area contributed by atoms with Crippen LogP contribution in [0.3, 0.4) is 0 Å². The molecule has 0 saturated carbocycles. The maximum absolute atomic E-state index is 9.83. The number of nitrogens with zero attached hydrogens (tertiary/aromatic N) is 1. The first-order valence-corrected chi connectivity index (χ1v) is 7.93. The molecule has 0 saturated heterocycles. The summed E-state index contributed by atoms with van der Waals surface area (Å²) >= 11 is 0. The van der Waals surface area contributed by atoms with Gasteiger partial charge in [-0.15, -0.1) is 0 Å². The highest BCUT2D eigenvalue weighted by Crippen LogP contribution is 2.32. The van der Waals surface area contributed by atoms with E-state index in [0.717, 1.165) is 39.5 Å². The van der Waals surface area contributed by atoms with Gasteiger partial charge in [0, 0.05) is 28.6 Å². The fourth-order valence-electron chi connectivity index (χ4n) is 3.19. The first-order valence-electron chi connectivity index (χ1n) is 7.93. The molecule has 0 unspecified atom stereocenters. The quantitative estimate of drug-likeness (QED) is 0.570. The molecule has 118 valence electrons. The van der Waals surface area contributed by atoms with Crippen molar-refractivity contribution in [1.82, 2.24) is 4.98 Å². The average Bonchev–Trinajstić information content (AvgIpc) is 2.99. The SMILES string of the molecule is CCc1cnccc1-c1cc(B(O)O)c2oc3ccccc3c2c1. The number of hydrogen-bond donors (Lipinski definition) is 2. The van der Waals surface area contributed by atoms with E-state index in [1.807, 2.05) is 42.6 Å². The first kappa shape index (κ1) is 14.9. The standard InChI is InChI=1S/C19H16BNO3/c1-2-12-11-21-8-7-14(12)13-9-16-15-5-3-4-6-18(15)24-19(16)17(10-13)20(22)23/h3-11,22-23H,2H2,1H3. The van der Waals surface area contributed by atoms with Gasteiger partial charge < -0.3 is 14.5 Å². The van der Waals surface area contributed by atoms with E-state index in [1.54, 1.807) is 12.3 Å². The minimum Gasteiger partial charge on any atom is -0.456 e. The minimum atomic E-state index is -1.60. The highest BCUT2D eigenvalue weighted by atomic mass is 16.4. The molecule has 4 rings (SSSR count). The molecule has 24 heavy (non-hydrogen) atoms. The van der Waals surface area contributed by atoms with Gasteiger partial charge in [0.25, 0.3) is 0 Å². The lowest BCUT2D eigenvalue weighted by molar-refractivity contribution is 0.425. The van der Waals surface area contributed by atoms with Crippen molar-refractivity contribution in [3.8, 4) is 11.1 Å². The lowest BCUT2D eigenvalue weighted by Crippen LogP contribution is -2.30. The number of para-hydroxylation sites is 1. The maximum Gasteiger partial charge on any atom is 0.492 e. The fraction of sp³-hybridized carbons (Fsp3) is 0.105. The summed E-state index contributed by atoms with van der Waals surface area (Å²) in [4.78, 5) is 4.18. The molecule has 5 heteroatoms. The molecular weight excluding hydrogens is 301 g/mol. The Balaban J connectivity index is 2.09. The third kappa shape index (κ3) is 2.30. The van der Waals surface area contributed by atoms with E-state index in [-0.39, 0.29) is 0 Å². The van der Waals surface area contributed by atoms with Gasteiger partial charge in [0.05, 0.1) is 0 Å². The summed E-state index contributed by atoms with van der Waals surface area (Å²) in [6, 6.07) is 13.5. The number of aryl methyl sites for hydroxylation is 1. The van der Waals surface area contributed by atoms with Crippen molar-refractivity contribution >= 4 is 34.5 Å². The van der Waals surface area contributed by atoms with Gasteiger partial charge in [-0.2, -0.15) is 0 Å². The van der Waals surface area contributed by atoms with Crippen molar-refractivity contribution in [2.75, 3.05) is 0 Å². The third-order valence-electron chi connectivity index (χ3n) is 4.38. The smallest absolute Gasteiger partial charge is 0.456 e. The fourth-order valence-corrected chi connectivity index (χ4v) is 3.19. The number of pyridine rings is 1. The summed E-state index contributed by atoms with van der Waals surface area (Å²) in [5.74, 6) is 0. The van der Waals surface area contributed by atoms with E-state index in [2.05, 4.69) is 11.9 Å². The molecule has 0 aliphatic heterocycles. The van der Waals surface area contributed by atoms with Crippen molar-refractivity contribution in [3.05, 3.63) is 60.4 Å². The summed E-state index contributed by atoms with van der Waals surface area (Å²) in [5, 5.41) is 21.5. The predicted octanol–water partition coefficient (Wildman–Crippen LogP) is 2.89. The Morgan fingerprint density at radius 3 is 2.71 bits per heavy atom. The van der Waals surface area contributed by atoms with E-state index in [9.17, 15) is 10.0 Å². The zero-order chi connectivity index (χ0) is 16.7. The largest absolute Gasteiger partial charge is 0.492 e. The van der Waals surface area contributed by atoms with Gasteiger partial charge in [-0.3, -0.25) is 4.98 Å². The topological polar surface area (TPSA) is 66.5 Å². The molecule has 0 aliphatic rings. The molecule has 0 radical (unpaired) electrons. The van der Waals surface area contributed by atoms with Crippen LogP contribution in [-0.4, -0.2) is 22.2 Å². The lowest BCUT2D eigenvalue weighted by atomic mass is 9.77. The van der Waals surface area contributed by atoms with E-state index in [0.29, 0.717) is 11.0 Å². The van der Waals surface area contributed by atoms with Crippen LogP contribution in [-0.2, 0) is 6.42 Å². The molecule has 2 heterocycles. The van der Waals surface area contributed by atoms with Crippen molar-refractivity contribution in [2.24, 2.45) is 0 Å². The molecule has 4 aromatic rings. The Morgan fingerprint density at radius 2 is 1.92 bits per heavy atom. The van der Waals surface area contributed by atoms with E-state index in [4.69, 9.17) is 4.42 Å². The Hall–Kier alpha value is -2.63. The maximum atomic E-state index is 9.83. The van der Waals surface area contributed by atoms with Gasteiger partial charge in [-0.25, -0.2) is 0 Å². The number of fused-ring (bicyclic) bond motifs is 3. The second-order valence-corrected chi connectivity index (χ2v) is 5.80. The van der Waals surface area contributed by atoms with Crippen molar-refractivity contribution in [2.45, 2.75) is 13.3 Å². The van der Waals surface area contributed by atoms with Crippen LogP contribution >= 0.6 is 0 Å². The normalized spacial score (nSPS) is 11.3. The average molecular weight is 317 g/mol. The van der Waals surface area contributed by atoms with Crippen LogP contribution in [0.15, 0.2) is 59.3 Å². The minimum absolute atomic E-state index is 0.373. The van der Waals surface area contributed by atoms with Gasteiger partial charge in [0.2, 0.25) is 0 Å². The van der Waals surface area contributed by atoms with Crippen LogP contribution in [0.1, 0.15) is 12.5 Å². The van der Waals surface area contributed by atoms with Gasteiger partial charge in [-0.05, 0) is 41.3 Å². The third-order valence-corrected chi connectivity index (χ3v) is 4.38. The lowest BCUT2D eigenvalue weighted by Gasteiger charge is -2.10. The van der Waals surface area contributed by atoms with Gasteiger partial charge >= 0.3 is 7.12 Å². The summed E-state index contributed by atoms with van der Waals surface area (Å²) < 4.78 is 5.86. The molecule has 0 fully saturated rings. The first-order chi connectivity index (χ1) is 11.7. The Kier molecular flexibility index (Phi) is 3.60.